The minimum absolute atomic E-state index is 0.0592. The Hall–Kier alpha value is -3.02. The molecule has 6 rings (SSSR count). The Morgan fingerprint density at radius 1 is 0.750 bits per heavy atom. The van der Waals surface area contributed by atoms with Gasteiger partial charge in [0, 0.05) is 11.8 Å². The molecule has 3 heteroatoms. The molecule has 4 aromatic rings. The third-order valence-electron chi connectivity index (χ3n) is 8.28. The molecular weight excluding hydrogens is 467 g/mol. The van der Waals surface area contributed by atoms with Gasteiger partial charge in [-0.25, -0.2) is 0 Å². The summed E-state index contributed by atoms with van der Waals surface area (Å²) in [5.74, 6) is 0. The van der Waals surface area contributed by atoms with Crippen LogP contribution < -0.4 is 10.4 Å². The molecule has 36 heavy (non-hydrogen) atoms. The zero-order valence-electron chi connectivity index (χ0n) is 22.5. The van der Waals surface area contributed by atoms with Gasteiger partial charge in [-0.05, 0) is 78.3 Å². The minimum Gasteiger partial charge on any atom is -0.256 e. The van der Waals surface area contributed by atoms with Crippen molar-refractivity contribution in [2.75, 3.05) is 0 Å². The average Bonchev–Trinajstić information content (AvgIpc) is 3.28. The van der Waals surface area contributed by atoms with E-state index in [9.17, 15) is 0 Å². The Balaban J connectivity index is 1.47. The van der Waals surface area contributed by atoms with E-state index < -0.39 is 16.1 Å². The van der Waals surface area contributed by atoms with Crippen molar-refractivity contribution in [2.45, 2.75) is 52.4 Å². The summed E-state index contributed by atoms with van der Waals surface area (Å²) in [7, 11) is -3.27. The van der Waals surface area contributed by atoms with Crippen LogP contribution >= 0.6 is 0 Å². The largest absolute Gasteiger partial charge is 0.256 e. The average molecular weight is 502 g/mol. The van der Waals surface area contributed by atoms with E-state index in [1.165, 1.54) is 43.8 Å². The molecular formula is C33H35NSi2. The van der Waals surface area contributed by atoms with Gasteiger partial charge in [0.15, 0.2) is 0 Å². The lowest BCUT2D eigenvalue weighted by molar-refractivity contribution is 0.596. The van der Waals surface area contributed by atoms with Crippen molar-refractivity contribution in [3.63, 3.8) is 0 Å². The molecule has 1 aromatic heterocycles. The fourth-order valence-electron chi connectivity index (χ4n) is 6.14. The second-order valence-corrected chi connectivity index (χ2v) is 21.3. The Labute approximate surface area is 217 Å². The third-order valence-corrected chi connectivity index (χ3v) is 14.7. The number of aromatic nitrogens is 1. The summed E-state index contributed by atoms with van der Waals surface area (Å²) >= 11 is 0. The fourth-order valence-corrected chi connectivity index (χ4v) is 11.4. The Kier molecular flexibility index (Phi) is 5.03. The zero-order chi connectivity index (χ0) is 25.5. The Morgan fingerprint density at radius 2 is 1.50 bits per heavy atom. The summed E-state index contributed by atoms with van der Waals surface area (Å²) < 4.78 is 0. The highest BCUT2D eigenvalue weighted by molar-refractivity contribution is 7.07. The lowest BCUT2D eigenvalue weighted by Crippen LogP contribution is -2.44. The maximum atomic E-state index is 4.86. The molecule has 2 aliphatic rings. The molecule has 0 saturated heterocycles. The third kappa shape index (κ3) is 3.60. The fraction of sp³-hybridized carbons (Fsp3) is 0.242. The molecule has 0 saturated carbocycles. The van der Waals surface area contributed by atoms with Crippen LogP contribution in [0.4, 0.5) is 0 Å². The number of hydrogen-bond acceptors (Lipinski definition) is 1. The van der Waals surface area contributed by atoms with Crippen LogP contribution in [-0.2, 0) is 5.41 Å². The van der Waals surface area contributed by atoms with Crippen LogP contribution in [0.3, 0.4) is 0 Å². The van der Waals surface area contributed by atoms with Gasteiger partial charge < -0.3 is 0 Å². The predicted octanol–water partition coefficient (Wildman–Crippen LogP) is 7.69. The summed E-state index contributed by atoms with van der Waals surface area (Å²) in [6, 6.07) is 23.0. The molecule has 3 aromatic carbocycles. The number of hydrogen-bond donors (Lipinski definition) is 0. The summed E-state index contributed by atoms with van der Waals surface area (Å²) in [5.41, 5.74) is 10.4. The lowest BCUT2D eigenvalue weighted by Gasteiger charge is -2.25. The second-order valence-electron chi connectivity index (χ2n) is 12.7. The van der Waals surface area contributed by atoms with Gasteiger partial charge in [-0.15, -0.1) is 0 Å². The van der Waals surface area contributed by atoms with E-state index in [2.05, 4.69) is 125 Å². The zero-order valence-corrected chi connectivity index (χ0v) is 24.5. The van der Waals surface area contributed by atoms with Gasteiger partial charge in [-0.2, -0.15) is 0 Å². The molecule has 0 bridgehead atoms. The van der Waals surface area contributed by atoms with Crippen molar-refractivity contribution in [1.82, 2.24) is 4.98 Å². The van der Waals surface area contributed by atoms with E-state index in [-0.39, 0.29) is 5.41 Å². The number of benzene rings is 3. The molecule has 1 nitrogen and oxygen atoms in total. The summed E-state index contributed by atoms with van der Waals surface area (Å²) in [4.78, 5) is 4.86. The molecule has 0 unspecified atom stereocenters. The topological polar surface area (TPSA) is 12.9 Å². The van der Waals surface area contributed by atoms with Crippen LogP contribution in [0.5, 0.6) is 0 Å². The molecule has 2 aliphatic heterocycles. The molecule has 0 fully saturated rings. The van der Waals surface area contributed by atoms with E-state index in [1.54, 1.807) is 10.4 Å². The van der Waals surface area contributed by atoms with Crippen molar-refractivity contribution in [3.8, 4) is 11.3 Å². The van der Waals surface area contributed by atoms with Crippen molar-refractivity contribution >= 4 is 54.6 Å². The number of fused-ring (bicyclic) bond motifs is 3. The first-order valence-electron chi connectivity index (χ1n) is 13.1. The van der Waals surface area contributed by atoms with E-state index in [0.717, 1.165) is 5.69 Å². The van der Waals surface area contributed by atoms with Crippen LogP contribution in [0.15, 0.2) is 72.6 Å². The van der Waals surface area contributed by atoms with Crippen LogP contribution in [0.1, 0.15) is 43.0 Å². The Morgan fingerprint density at radius 3 is 2.28 bits per heavy atom. The van der Waals surface area contributed by atoms with E-state index in [1.807, 2.05) is 6.20 Å². The summed E-state index contributed by atoms with van der Waals surface area (Å²) in [6.07, 6.45) is 6.87. The molecule has 0 radical (unpaired) electrons. The summed E-state index contributed by atoms with van der Waals surface area (Å²) in [5, 5.41) is 7.30. The highest BCUT2D eigenvalue weighted by atomic mass is 28.3. The van der Waals surface area contributed by atoms with Gasteiger partial charge in [0.25, 0.3) is 0 Å². The number of rotatable bonds is 2. The molecule has 0 aliphatic carbocycles. The normalized spacial score (nSPS) is 17.2. The van der Waals surface area contributed by atoms with Gasteiger partial charge in [-0.3, -0.25) is 4.98 Å². The first-order valence-corrected chi connectivity index (χ1v) is 19.1. The first-order chi connectivity index (χ1) is 16.9. The van der Waals surface area contributed by atoms with Crippen molar-refractivity contribution in [3.05, 3.63) is 94.8 Å². The monoisotopic (exact) mass is 501 g/mol. The molecule has 180 valence electrons. The highest BCUT2D eigenvalue weighted by Crippen LogP contribution is 2.38. The van der Waals surface area contributed by atoms with Gasteiger partial charge >= 0.3 is 0 Å². The van der Waals surface area contributed by atoms with E-state index in [0.29, 0.717) is 0 Å². The Bertz CT molecular complexity index is 1610. The second kappa shape index (κ2) is 7.74. The van der Waals surface area contributed by atoms with E-state index in [4.69, 9.17) is 4.98 Å². The number of pyridine rings is 1. The maximum Gasteiger partial charge on any atom is 0.113 e. The number of nitrogens with zero attached hydrogens (tertiary/aromatic N) is 1. The van der Waals surface area contributed by atoms with Gasteiger partial charge in [0.05, 0.1) is 5.69 Å². The lowest BCUT2D eigenvalue weighted by atomic mass is 9.82. The highest BCUT2D eigenvalue weighted by Gasteiger charge is 2.38. The quantitative estimate of drug-likeness (QED) is 0.257. The van der Waals surface area contributed by atoms with E-state index >= 15 is 0 Å². The SMILES string of the molecule is CC(C)(C)c1cc(-c2cc(C3=Cc4cc5c(cc4[Si]3(C)C)C=C[Si]5(C)C)ccn2)cc2ccccc12. The first kappa shape index (κ1) is 23.4. The standard InChI is InChI=1S/C33H35NSi2/c1-33(2,3)28-17-25(16-22-10-8-9-11-27(22)28)29-18-23(12-14-34-29)31-21-26-20-30-24(13-15-35(30,4)5)19-32(26)36(31,6)7/h8-21H,1-7H3. The molecule has 3 heterocycles. The molecule has 0 atom stereocenters. The van der Waals surface area contributed by atoms with Crippen LogP contribution in [0, 0.1) is 0 Å². The van der Waals surface area contributed by atoms with Crippen molar-refractivity contribution in [2.24, 2.45) is 0 Å². The maximum absolute atomic E-state index is 4.86. The van der Waals surface area contributed by atoms with Gasteiger partial charge in [0.2, 0.25) is 0 Å². The molecule has 0 spiro atoms. The minimum atomic E-state index is -1.81. The summed E-state index contributed by atoms with van der Waals surface area (Å²) in [6.45, 7) is 16.8. The molecule has 0 N–H and O–H groups in total. The van der Waals surface area contributed by atoms with Crippen LogP contribution in [0.2, 0.25) is 26.2 Å². The smallest absolute Gasteiger partial charge is 0.113 e. The predicted molar refractivity (Wildman–Crippen MR) is 163 cm³/mol. The van der Waals surface area contributed by atoms with Gasteiger partial charge in [0.1, 0.15) is 16.1 Å². The van der Waals surface area contributed by atoms with Crippen molar-refractivity contribution < 1.29 is 0 Å². The van der Waals surface area contributed by atoms with Crippen LogP contribution in [-0.4, -0.2) is 21.1 Å². The van der Waals surface area contributed by atoms with Crippen molar-refractivity contribution in [1.29, 1.82) is 0 Å². The van der Waals surface area contributed by atoms with Gasteiger partial charge in [-0.1, -0.05) is 101 Å². The molecule has 0 amide bonds. The van der Waals surface area contributed by atoms with Crippen LogP contribution in [0.25, 0.3) is 39.4 Å².